The summed E-state index contributed by atoms with van der Waals surface area (Å²) in [4.78, 5) is 19.6. The number of aromatic nitrogens is 3. The van der Waals surface area contributed by atoms with Crippen molar-refractivity contribution in [3.8, 4) is 5.82 Å². The molecule has 0 bridgehead atoms. The number of hydrogen-bond acceptors (Lipinski definition) is 3. The number of hydrogen-bond donors (Lipinski definition) is 1. The van der Waals surface area contributed by atoms with Crippen LogP contribution in [0.4, 0.5) is 5.69 Å². The van der Waals surface area contributed by atoms with E-state index >= 15 is 0 Å². The predicted octanol–water partition coefficient (Wildman–Crippen LogP) is 1.92. The van der Waals surface area contributed by atoms with Crippen molar-refractivity contribution in [1.82, 2.24) is 14.5 Å². The molecule has 0 saturated heterocycles. The lowest BCUT2D eigenvalue weighted by Crippen LogP contribution is -2.10. The molecule has 0 spiro atoms. The van der Waals surface area contributed by atoms with Gasteiger partial charge in [-0.1, -0.05) is 6.92 Å². The molecule has 2 heterocycles. The number of imidazole rings is 1. The Bertz CT molecular complexity index is 516. The van der Waals surface area contributed by atoms with Crippen molar-refractivity contribution >= 4 is 11.6 Å². The van der Waals surface area contributed by atoms with Crippen LogP contribution in [0.3, 0.4) is 0 Å². The third-order valence-corrected chi connectivity index (χ3v) is 2.43. The molecule has 1 N–H and O–H groups in total. The van der Waals surface area contributed by atoms with Crippen molar-refractivity contribution in [3.63, 3.8) is 0 Å². The van der Waals surface area contributed by atoms with E-state index in [1.165, 1.54) is 0 Å². The summed E-state index contributed by atoms with van der Waals surface area (Å²) in [5, 5.41) is 2.75. The van der Waals surface area contributed by atoms with Gasteiger partial charge in [0.05, 0.1) is 11.9 Å². The molecule has 5 nitrogen and oxygen atoms in total. The van der Waals surface area contributed by atoms with Crippen LogP contribution in [0.25, 0.3) is 5.82 Å². The Kier molecular flexibility index (Phi) is 3.18. The fraction of sp³-hybridized carbons (Fsp3) is 0.250. The molecule has 0 aromatic carbocycles. The SMILES string of the molecule is CCC(=O)Nc1ccc(-n2ccnc2C)nc1. The monoisotopic (exact) mass is 230 g/mol. The third-order valence-electron chi connectivity index (χ3n) is 2.43. The highest BCUT2D eigenvalue weighted by atomic mass is 16.1. The van der Waals surface area contributed by atoms with Crippen molar-refractivity contribution in [2.75, 3.05) is 5.32 Å². The highest BCUT2D eigenvalue weighted by Crippen LogP contribution is 2.11. The summed E-state index contributed by atoms with van der Waals surface area (Å²) >= 11 is 0. The minimum absolute atomic E-state index is 0.0154. The summed E-state index contributed by atoms with van der Waals surface area (Å²) in [6, 6.07) is 3.68. The van der Waals surface area contributed by atoms with Gasteiger partial charge in [0, 0.05) is 18.8 Å². The van der Waals surface area contributed by atoms with Crippen LogP contribution in [0.15, 0.2) is 30.7 Å². The standard InChI is InChI=1S/C12H14N4O/c1-3-12(17)15-10-4-5-11(14-8-10)16-7-6-13-9(16)2/h4-8H,3H2,1-2H3,(H,15,17). The minimum atomic E-state index is -0.0154. The Labute approximate surface area is 99.5 Å². The molecule has 0 atom stereocenters. The van der Waals surface area contributed by atoms with Crippen LogP contribution in [0.5, 0.6) is 0 Å². The molecule has 0 unspecified atom stereocenters. The smallest absolute Gasteiger partial charge is 0.224 e. The van der Waals surface area contributed by atoms with Crippen LogP contribution in [-0.4, -0.2) is 20.4 Å². The van der Waals surface area contributed by atoms with Crippen LogP contribution in [0.1, 0.15) is 19.2 Å². The van der Waals surface area contributed by atoms with E-state index in [0.717, 1.165) is 11.6 Å². The second-order valence-corrected chi connectivity index (χ2v) is 3.65. The Morgan fingerprint density at radius 1 is 1.41 bits per heavy atom. The van der Waals surface area contributed by atoms with E-state index in [0.29, 0.717) is 12.1 Å². The zero-order chi connectivity index (χ0) is 12.3. The molecule has 0 aliphatic heterocycles. The van der Waals surface area contributed by atoms with Gasteiger partial charge in [0.15, 0.2) is 0 Å². The van der Waals surface area contributed by atoms with Crippen molar-refractivity contribution in [2.45, 2.75) is 20.3 Å². The molecule has 0 fully saturated rings. The molecule has 2 aromatic rings. The largest absolute Gasteiger partial charge is 0.325 e. The van der Waals surface area contributed by atoms with Crippen molar-refractivity contribution in [3.05, 3.63) is 36.5 Å². The van der Waals surface area contributed by atoms with E-state index in [4.69, 9.17) is 0 Å². The van der Waals surface area contributed by atoms with Crippen molar-refractivity contribution in [2.24, 2.45) is 0 Å². The maximum atomic E-state index is 11.2. The van der Waals surface area contributed by atoms with E-state index in [1.54, 1.807) is 12.4 Å². The fourth-order valence-corrected chi connectivity index (χ4v) is 1.47. The van der Waals surface area contributed by atoms with Crippen LogP contribution >= 0.6 is 0 Å². The van der Waals surface area contributed by atoms with Crippen LogP contribution in [-0.2, 0) is 4.79 Å². The van der Waals surface area contributed by atoms with E-state index in [2.05, 4.69) is 15.3 Å². The van der Waals surface area contributed by atoms with Gasteiger partial charge in [0.1, 0.15) is 11.6 Å². The van der Waals surface area contributed by atoms with Gasteiger partial charge in [0.25, 0.3) is 0 Å². The second kappa shape index (κ2) is 4.78. The number of rotatable bonds is 3. The molecule has 0 aliphatic carbocycles. The highest BCUT2D eigenvalue weighted by molar-refractivity contribution is 5.90. The van der Waals surface area contributed by atoms with Gasteiger partial charge >= 0.3 is 0 Å². The average molecular weight is 230 g/mol. The molecule has 2 aromatic heterocycles. The van der Waals surface area contributed by atoms with Gasteiger partial charge < -0.3 is 5.32 Å². The number of amides is 1. The van der Waals surface area contributed by atoms with Crippen LogP contribution in [0, 0.1) is 6.92 Å². The summed E-state index contributed by atoms with van der Waals surface area (Å²) in [7, 11) is 0. The van der Waals surface area contributed by atoms with Crippen LogP contribution < -0.4 is 5.32 Å². The Morgan fingerprint density at radius 2 is 2.24 bits per heavy atom. The molecular formula is C12H14N4O. The molecule has 0 aliphatic rings. The lowest BCUT2D eigenvalue weighted by Gasteiger charge is -2.06. The van der Waals surface area contributed by atoms with Gasteiger partial charge in [-0.3, -0.25) is 9.36 Å². The molecule has 0 saturated carbocycles. The second-order valence-electron chi connectivity index (χ2n) is 3.65. The summed E-state index contributed by atoms with van der Waals surface area (Å²) in [6.45, 7) is 3.72. The lowest BCUT2D eigenvalue weighted by atomic mass is 10.3. The number of anilines is 1. The number of nitrogens with one attached hydrogen (secondary N) is 1. The first-order valence-electron chi connectivity index (χ1n) is 5.47. The lowest BCUT2D eigenvalue weighted by molar-refractivity contribution is -0.115. The van der Waals surface area contributed by atoms with Crippen molar-refractivity contribution in [1.29, 1.82) is 0 Å². The zero-order valence-electron chi connectivity index (χ0n) is 9.84. The van der Waals surface area contributed by atoms with E-state index in [1.807, 2.05) is 36.7 Å². The first-order chi connectivity index (χ1) is 8.20. The molecule has 88 valence electrons. The number of carbonyl (C=O) groups is 1. The maximum absolute atomic E-state index is 11.2. The Morgan fingerprint density at radius 3 is 2.76 bits per heavy atom. The van der Waals surface area contributed by atoms with Gasteiger partial charge in [-0.05, 0) is 19.1 Å². The first-order valence-corrected chi connectivity index (χ1v) is 5.47. The number of aryl methyl sites for hydroxylation is 1. The normalized spacial score (nSPS) is 10.2. The van der Waals surface area contributed by atoms with Gasteiger partial charge in [-0.25, -0.2) is 9.97 Å². The quantitative estimate of drug-likeness (QED) is 0.876. The maximum Gasteiger partial charge on any atom is 0.224 e. The molecule has 5 heteroatoms. The molecule has 2 rings (SSSR count). The predicted molar refractivity (Wildman–Crippen MR) is 65.0 cm³/mol. The summed E-state index contributed by atoms with van der Waals surface area (Å²) in [5.41, 5.74) is 0.707. The topological polar surface area (TPSA) is 59.8 Å². The van der Waals surface area contributed by atoms with Crippen LogP contribution in [0.2, 0.25) is 0 Å². The number of carbonyl (C=O) groups excluding carboxylic acids is 1. The summed E-state index contributed by atoms with van der Waals surface area (Å²) in [5.74, 6) is 1.65. The van der Waals surface area contributed by atoms with Gasteiger partial charge in [-0.2, -0.15) is 0 Å². The summed E-state index contributed by atoms with van der Waals surface area (Å²) in [6.07, 6.45) is 5.68. The Balaban J connectivity index is 2.19. The first kappa shape index (κ1) is 11.3. The van der Waals surface area contributed by atoms with Gasteiger partial charge in [-0.15, -0.1) is 0 Å². The number of pyridine rings is 1. The van der Waals surface area contributed by atoms with E-state index < -0.39 is 0 Å². The van der Waals surface area contributed by atoms with E-state index in [-0.39, 0.29) is 5.91 Å². The van der Waals surface area contributed by atoms with Gasteiger partial charge in [0.2, 0.25) is 5.91 Å². The minimum Gasteiger partial charge on any atom is -0.325 e. The average Bonchev–Trinajstić information content (AvgIpc) is 2.76. The molecule has 1 amide bonds. The zero-order valence-corrected chi connectivity index (χ0v) is 9.84. The third kappa shape index (κ3) is 2.50. The molecule has 0 radical (unpaired) electrons. The molecular weight excluding hydrogens is 216 g/mol. The van der Waals surface area contributed by atoms with E-state index in [9.17, 15) is 4.79 Å². The highest BCUT2D eigenvalue weighted by Gasteiger charge is 2.03. The van der Waals surface area contributed by atoms with Crippen molar-refractivity contribution < 1.29 is 4.79 Å². The fourth-order valence-electron chi connectivity index (χ4n) is 1.47. The molecule has 17 heavy (non-hydrogen) atoms. The Hall–Kier alpha value is -2.17. The number of nitrogens with zero attached hydrogens (tertiary/aromatic N) is 3. The summed E-state index contributed by atoms with van der Waals surface area (Å²) < 4.78 is 1.88.